The molecule has 7 heteroatoms. The lowest BCUT2D eigenvalue weighted by molar-refractivity contribution is -0.135. The lowest BCUT2D eigenvalue weighted by Gasteiger charge is -2.36. The molecule has 4 nitrogen and oxygen atoms in total. The van der Waals surface area contributed by atoms with E-state index in [1.807, 2.05) is 0 Å². The monoisotopic (exact) mass is 310 g/mol. The Labute approximate surface area is 123 Å². The summed E-state index contributed by atoms with van der Waals surface area (Å²) in [5, 5.41) is 5.97. The third-order valence-electron chi connectivity index (χ3n) is 3.18. The minimum Gasteiger partial charge on any atom is -0.444 e. The number of carbonyl (C=O) groups is 1. The summed E-state index contributed by atoms with van der Waals surface area (Å²) in [4.78, 5) is 11.5. The van der Waals surface area contributed by atoms with Crippen LogP contribution in [-0.4, -0.2) is 36.5 Å². The fourth-order valence-corrected chi connectivity index (χ4v) is 2.13. The Morgan fingerprint density at radius 2 is 1.76 bits per heavy atom. The van der Waals surface area contributed by atoms with Gasteiger partial charge in [0.15, 0.2) is 0 Å². The van der Waals surface area contributed by atoms with Crippen molar-refractivity contribution in [2.24, 2.45) is 0 Å². The van der Waals surface area contributed by atoms with Crippen molar-refractivity contribution in [1.82, 2.24) is 10.6 Å². The first-order valence-electron chi connectivity index (χ1n) is 7.35. The summed E-state index contributed by atoms with van der Waals surface area (Å²) in [7, 11) is 0. The third-order valence-corrected chi connectivity index (χ3v) is 3.18. The summed E-state index contributed by atoms with van der Waals surface area (Å²) in [6.07, 6.45) is -2.95. The van der Waals surface area contributed by atoms with Gasteiger partial charge in [-0.05, 0) is 53.0 Å². The smallest absolute Gasteiger partial charge is 0.407 e. The molecule has 1 fully saturated rings. The van der Waals surface area contributed by atoms with Crippen LogP contribution in [0, 0.1) is 0 Å². The normalized spacial score (nSPS) is 22.6. The fraction of sp³-hybridized carbons (Fsp3) is 0.929. The molecule has 1 amide bonds. The van der Waals surface area contributed by atoms with Crippen molar-refractivity contribution in [2.75, 3.05) is 6.54 Å². The molecule has 0 heterocycles. The summed E-state index contributed by atoms with van der Waals surface area (Å²) >= 11 is 0. The molecule has 21 heavy (non-hydrogen) atoms. The first kappa shape index (κ1) is 18.1. The summed E-state index contributed by atoms with van der Waals surface area (Å²) < 4.78 is 41.0. The van der Waals surface area contributed by atoms with Gasteiger partial charge in [0.05, 0.1) is 0 Å². The van der Waals surface area contributed by atoms with E-state index in [-0.39, 0.29) is 18.5 Å². The molecule has 0 radical (unpaired) electrons. The number of nitrogens with one attached hydrogen (secondary N) is 2. The van der Waals surface area contributed by atoms with E-state index in [4.69, 9.17) is 4.74 Å². The van der Waals surface area contributed by atoms with Gasteiger partial charge in [0.25, 0.3) is 0 Å². The van der Waals surface area contributed by atoms with Crippen LogP contribution in [0.15, 0.2) is 0 Å². The SMILES string of the molecule is CC(C)(C)OC(=O)NC1CC(NCCCCC(F)(F)F)C1. The molecule has 0 unspecified atom stereocenters. The highest BCUT2D eigenvalue weighted by molar-refractivity contribution is 5.68. The van der Waals surface area contributed by atoms with Gasteiger partial charge in [0.1, 0.15) is 5.60 Å². The number of hydrogen-bond acceptors (Lipinski definition) is 3. The van der Waals surface area contributed by atoms with Gasteiger partial charge in [0.2, 0.25) is 0 Å². The van der Waals surface area contributed by atoms with Gasteiger partial charge in [-0.3, -0.25) is 0 Å². The summed E-state index contributed by atoms with van der Waals surface area (Å²) in [6.45, 7) is 6.00. The van der Waals surface area contributed by atoms with E-state index in [1.165, 1.54) is 0 Å². The number of ether oxygens (including phenoxy) is 1. The van der Waals surface area contributed by atoms with Crippen LogP contribution in [0.1, 0.15) is 52.9 Å². The van der Waals surface area contributed by atoms with Gasteiger partial charge >= 0.3 is 12.3 Å². The zero-order valence-corrected chi connectivity index (χ0v) is 12.8. The van der Waals surface area contributed by atoms with Crippen LogP contribution in [0.25, 0.3) is 0 Å². The molecule has 0 spiro atoms. The highest BCUT2D eigenvalue weighted by atomic mass is 19.4. The molecule has 124 valence electrons. The maximum atomic E-state index is 11.9. The first-order chi connectivity index (χ1) is 9.55. The van der Waals surface area contributed by atoms with E-state index < -0.39 is 24.3 Å². The largest absolute Gasteiger partial charge is 0.444 e. The summed E-state index contributed by atoms with van der Waals surface area (Å²) in [6, 6.07) is 0.364. The minimum atomic E-state index is -4.06. The first-order valence-corrected chi connectivity index (χ1v) is 7.35. The number of halogens is 3. The van der Waals surface area contributed by atoms with Crippen molar-refractivity contribution in [3.8, 4) is 0 Å². The Morgan fingerprint density at radius 1 is 1.14 bits per heavy atom. The molecule has 0 atom stereocenters. The molecule has 1 rings (SSSR count). The van der Waals surface area contributed by atoms with Crippen molar-refractivity contribution < 1.29 is 22.7 Å². The third kappa shape index (κ3) is 8.80. The Balaban J connectivity index is 2.00. The molecule has 0 saturated heterocycles. The number of unbranched alkanes of at least 4 members (excludes halogenated alkanes) is 1. The van der Waals surface area contributed by atoms with Crippen molar-refractivity contribution in [1.29, 1.82) is 0 Å². The van der Waals surface area contributed by atoms with Crippen molar-refractivity contribution in [2.45, 2.75) is 76.7 Å². The molecule has 0 aromatic rings. The van der Waals surface area contributed by atoms with Crippen LogP contribution in [0.4, 0.5) is 18.0 Å². The zero-order valence-electron chi connectivity index (χ0n) is 12.8. The maximum absolute atomic E-state index is 11.9. The lowest BCUT2D eigenvalue weighted by Crippen LogP contribution is -2.53. The number of alkyl carbamates (subject to hydrolysis) is 1. The average Bonchev–Trinajstić information content (AvgIpc) is 2.20. The van der Waals surface area contributed by atoms with Gasteiger partial charge in [0, 0.05) is 18.5 Å². The highest BCUT2D eigenvalue weighted by Gasteiger charge is 2.31. The van der Waals surface area contributed by atoms with Crippen molar-refractivity contribution in [3.63, 3.8) is 0 Å². The van der Waals surface area contributed by atoms with E-state index in [1.54, 1.807) is 20.8 Å². The molecule has 1 saturated carbocycles. The second-order valence-corrected chi connectivity index (χ2v) is 6.54. The Morgan fingerprint density at radius 3 is 2.29 bits per heavy atom. The number of rotatable bonds is 6. The predicted molar refractivity (Wildman–Crippen MR) is 74.1 cm³/mol. The second-order valence-electron chi connectivity index (χ2n) is 6.54. The van der Waals surface area contributed by atoms with Gasteiger partial charge in [-0.15, -0.1) is 0 Å². The standard InChI is InChI=1S/C14H25F3N2O2/c1-13(2,3)21-12(20)19-11-8-10(9-11)18-7-5-4-6-14(15,16)17/h10-11,18H,4-9H2,1-3H3,(H,19,20). The number of hydrogen-bond donors (Lipinski definition) is 2. The van der Waals surface area contributed by atoms with Gasteiger partial charge < -0.3 is 15.4 Å². The van der Waals surface area contributed by atoms with E-state index in [0.717, 1.165) is 12.8 Å². The van der Waals surface area contributed by atoms with Crippen LogP contribution < -0.4 is 10.6 Å². The van der Waals surface area contributed by atoms with E-state index in [2.05, 4.69) is 10.6 Å². The van der Waals surface area contributed by atoms with Crippen molar-refractivity contribution >= 4 is 6.09 Å². The Bertz CT molecular complexity index is 334. The van der Waals surface area contributed by atoms with Gasteiger partial charge in [-0.25, -0.2) is 4.79 Å². The maximum Gasteiger partial charge on any atom is 0.407 e. The highest BCUT2D eigenvalue weighted by Crippen LogP contribution is 2.23. The molecular formula is C14H25F3N2O2. The molecule has 2 N–H and O–H groups in total. The van der Waals surface area contributed by atoms with E-state index in [9.17, 15) is 18.0 Å². The molecular weight excluding hydrogens is 285 g/mol. The van der Waals surface area contributed by atoms with Crippen LogP contribution in [0.2, 0.25) is 0 Å². The van der Waals surface area contributed by atoms with Gasteiger partial charge in [-0.2, -0.15) is 13.2 Å². The Hall–Kier alpha value is -0.980. The topological polar surface area (TPSA) is 50.4 Å². The predicted octanol–water partition coefficient (Wildman–Crippen LogP) is 3.36. The Kier molecular flexibility index (Phi) is 6.31. The van der Waals surface area contributed by atoms with Crippen molar-refractivity contribution in [3.05, 3.63) is 0 Å². The van der Waals surface area contributed by atoms with Crippen LogP contribution in [-0.2, 0) is 4.74 Å². The second kappa shape index (κ2) is 7.33. The number of carbonyl (C=O) groups excluding carboxylic acids is 1. The summed E-state index contributed by atoms with van der Waals surface area (Å²) in [5.41, 5.74) is -0.510. The molecule has 0 bridgehead atoms. The van der Waals surface area contributed by atoms with E-state index in [0.29, 0.717) is 13.0 Å². The molecule has 0 aromatic carbocycles. The molecule has 0 aromatic heterocycles. The fourth-order valence-electron chi connectivity index (χ4n) is 2.13. The minimum absolute atomic E-state index is 0.0903. The summed E-state index contributed by atoms with van der Waals surface area (Å²) in [5.74, 6) is 0. The quantitative estimate of drug-likeness (QED) is 0.740. The number of alkyl halides is 3. The van der Waals surface area contributed by atoms with E-state index >= 15 is 0 Å². The van der Waals surface area contributed by atoms with Crippen LogP contribution in [0.5, 0.6) is 0 Å². The molecule has 1 aliphatic carbocycles. The number of amides is 1. The van der Waals surface area contributed by atoms with Crippen LogP contribution >= 0.6 is 0 Å². The van der Waals surface area contributed by atoms with Gasteiger partial charge in [-0.1, -0.05) is 0 Å². The molecule has 0 aliphatic heterocycles. The molecule has 1 aliphatic rings. The average molecular weight is 310 g/mol. The zero-order chi connectivity index (χ0) is 16.1. The van der Waals surface area contributed by atoms with Crippen LogP contribution in [0.3, 0.4) is 0 Å². The lowest BCUT2D eigenvalue weighted by atomic mass is 9.87.